The molecule has 1 saturated carbocycles. The fraction of sp³-hybridized carbons (Fsp3) is 0.667. The van der Waals surface area contributed by atoms with Crippen LogP contribution in [0.15, 0.2) is 24.3 Å². The molecule has 1 fully saturated rings. The van der Waals surface area contributed by atoms with Gasteiger partial charge in [-0.15, -0.1) is 0 Å². The summed E-state index contributed by atoms with van der Waals surface area (Å²) in [6.45, 7) is 3.22. The van der Waals surface area contributed by atoms with Crippen LogP contribution in [0, 0.1) is 11.8 Å². The summed E-state index contributed by atoms with van der Waals surface area (Å²) in [5, 5.41) is 0. The van der Waals surface area contributed by atoms with E-state index in [1.807, 2.05) is 0 Å². The predicted octanol–water partition coefficient (Wildman–Crippen LogP) is 4.10. The van der Waals surface area contributed by atoms with Gasteiger partial charge in [-0.3, -0.25) is 0 Å². The van der Waals surface area contributed by atoms with Crippen LogP contribution in [0.4, 0.5) is 0 Å². The maximum Gasteiger partial charge on any atom is 0.122 e. The first-order chi connectivity index (χ1) is 9.74. The van der Waals surface area contributed by atoms with Crippen molar-refractivity contribution in [3.8, 4) is 5.75 Å². The van der Waals surface area contributed by atoms with Gasteiger partial charge in [-0.1, -0.05) is 38.0 Å². The summed E-state index contributed by atoms with van der Waals surface area (Å²) in [4.78, 5) is 0. The van der Waals surface area contributed by atoms with Crippen LogP contribution in [0.1, 0.15) is 56.9 Å². The number of rotatable bonds is 3. The van der Waals surface area contributed by atoms with Crippen LogP contribution in [0.2, 0.25) is 0 Å². The van der Waals surface area contributed by atoms with Gasteiger partial charge in [0.15, 0.2) is 0 Å². The molecule has 0 spiro atoms. The molecule has 0 aromatic heterocycles. The van der Waals surface area contributed by atoms with Gasteiger partial charge in [0.25, 0.3) is 0 Å². The molecule has 2 N–H and O–H groups in total. The molecular formula is C18H27NO. The Labute approximate surface area is 122 Å². The lowest BCUT2D eigenvalue weighted by Gasteiger charge is -2.34. The highest BCUT2D eigenvalue weighted by Gasteiger charge is 2.29. The number of fused-ring (bicyclic) bond motifs is 1. The van der Waals surface area contributed by atoms with Crippen molar-refractivity contribution in [1.29, 1.82) is 0 Å². The Kier molecular flexibility index (Phi) is 4.30. The fourth-order valence-corrected chi connectivity index (χ4v) is 4.05. The van der Waals surface area contributed by atoms with Crippen molar-refractivity contribution in [3.05, 3.63) is 29.8 Å². The van der Waals surface area contributed by atoms with Crippen LogP contribution in [-0.2, 0) is 0 Å². The number of hydrogen-bond donors (Lipinski definition) is 1. The number of hydrogen-bond acceptors (Lipinski definition) is 2. The SMILES string of the molecule is CC1CCCC(C(N)CC2CCOc3ccccc32)C1. The minimum absolute atomic E-state index is 0.355. The van der Waals surface area contributed by atoms with Gasteiger partial charge in [0, 0.05) is 6.04 Å². The minimum atomic E-state index is 0.355. The predicted molar refractivity (Wildman–Crippen MR) is 83.0 cm³/mol. The van der Waals surface area contributed by atoms with Gasteiger partial charge in [-0.25, -0.2) is 0 Å². The lowest BCUT2D eigenvalue weighted by molar-refractivity contribution is 0.214. The molecule has 20 heavy (non-hydrogen) atoms. The first-order valence-electron chi connectivity index (χ1n) is 8.21. The summed E-state index contributed by atoms with van der Waals surface area (Å²) in [7, 11) is 0. The Hall–Kier alpha value is -1.02. The van der Waals surface area contributed by atoms with E-state index in [0.717, 1.165) is 37.0 Å². The molecule has 1 aromatic rings. The maximum absolute atomic E-state index is 6.56. The van der Waals surface area contributed by atoms with Gasteiger partial charge in [0.2, 0.25) is 0 Å². The monoisotopic (exact) mass is 273 g/mol. The van der Waals surface area contributed by atoms with Gasteiger partial charge >= 0.3 is 0 Å². The molecule has 2 heteroatoms. The third kappa shape index (κ3) is 3.01. The lowest BCUT2D eigenvalue weighted by atomic mass is 9.75. The second-order valence-corrected chi connectivity index (χ2v) is 6.80. The normalized spacial score (nSPS) is 31.2. The van der Waals surface area contributed by atoms with Gasteiger partial charge in [0.05, 0.1) is 6.61 Å². The average molecular weight is 273 g/mol. The second kappa shape index (κ2) is 6.17. The van der Waals surface area contributed by atoms with Crippen molar-refractivity contribution in [2.24, 2.45) is 17.6 Å². The largest absolute Gasteiger partial charge is 0.493 e. The smallest absolute Gasteiger partial charge is 0.122 e. The van der Waals surface area contributed by atoms with Crippen molar-refractivity contribution < 1.29 is 4.74 Å². The zero-order valence-corrected chi connectivity index (χ0v) is 12.6. The van der Waals surface area contributed by atoms with Crippen molar-refractivity contribution >= 4 is 0 Å². The summed E-state index contributed by atoms with van der Waals surface area (Å²) in [5.74, 6) is 3.26. The molecule has 1 heterocycles. The first kappa shape index (κ1) is 13.9. The zero-order chi connectivity index (χ0) is 13.9. The van der Waals surface area contributed by atoms with Crippen molar-refractivity contribution in [2.45, 2.75) is 57.4 Å². The number of para-hydroxylation sites is 1. The van der Waals surface area contributed by atoms with Crippen molar-refractivity contribution in [3.63, 3.8) is 0 Å². The molecule has 2 nitrogen and oxygen atoms in total. The van der Waals surface area contributed by atoms with Crippen molar-refractivity contribution in [1.82, 2.24) is 0 Å². The summed E-state index contributed by atoms with van der Waals surface area (Å²) in [6, 6.07) is 8.85. The average Bonchev–Trinajstić information content (AvgIpc) is 2.47. The number of ether oxygens (including phenoxy) is 1. The van der Waals surface area contributed by atoms with Crippen LogP contribution < -0.4 is 10.5 Å². The molecule has 1 aliphatic carbocycles. The van der Waals surface area contributed by atoms with Crippen LogP contribution in [-0.4, -0.2) is 12.6 Å². The van der Waals surface area contributed by atoms with E-state index in [0.29, 0.717) is 12.0 Å². The molecule has 0 radical (unpaired) electrons. The molecular weight excluding hydrogens is 246 g/mol. The summed E-state index contributed by atoms with van der Waals surface area (Å²) in [6.07, 6.45) is 7.65. The molecule has 3 rings (SSSR count). The van der Waals surface area contributed by atoms with Crippen molar-refractivity contribution in [2.75, 3.05) is 6.61 Å². The molecule has 2 aliphatic rings. The Morgan fingerprint density at radius 2 is 2.10 bits per heavy atom. The molecule has 0 saturated heterocycles. The topological polar surface area (TPSA) is 35.2 Å². The van der Waals surface area contributed by atoms with E-state index in [1.54, 1.807) is 0 Å². The third-order valence-corrected chi connectivity index (χ3v) is 5.22. The minimum Gasteiger partial charge on any atom is -0.493 e. The standard InChI is InChI=1S/C18H27NO/c1-13-5-4-6-15(11-13)17(19)12-14-9-10-20-18-8-3-2-7-16(14)18/h2-3,7-8,13-15,17H,4-6,9-12,19H2,1H3. The molecule has 4 unspecified atom stereocenters. The summed E-state index contributed by atoms with van der Waals surface area (Å²) < 4.78 is 5.76. The van der Waals surface area contributed by atoms with E-state index in [9.17, 15) is 0 Å². The highest BCUT2D eigenvalue weighted by Crippen LogP contribution is 2.39. The molecule has 1 aliphatic heterocycles. The number of benzene rings is 1. The van der Waals surface area contributed by atoms with Crippen LogP contribution in [0.25, 0.3) is 0 Å². The van der Waals surface area contributed by atoms with E-state index in [2.05, 4.69) is 31.2 Å². The number of nitrogens with two attached hydrogens (primary N) is 1. The van der Waals surface area contributed by atoms with E-state index < -0.39 is 0 Å². The van der Waals surface area contributed by atoms with E-state index in [-0.39, 0.29) is 0 Å². The quantitative estimate of drug-likeness (QED) is 0.900. The molecule has 110 valence electrons. The van der Waals surface area contributed by atoms with Gasteiger partial charge < -0.3 is 10.5 Å². The van der Waals surface area contributed by atoms with Crippen LogP contribution >= 0.6 is 0 Å². The van der Waals surface area contributed by atoms with Crippen LogP contribution in [0.3, 0.4) is 0 Å². The highest BCUT2D eigenvalue weighted by atomic mass is 16.5. The Morgan fingerprint density at radius 3 is 2.95 bits per heavy atom. The maximum atomic E-state index is 6.56. The third-order valence-electron chi connectivity index (χ3n) is 5.22. The Bertz CT molecular complexity index is 445. The molecule has 0 bridgehead atoms. The van der Waals surface area contributed by atoms with E-state index in [1.165, 1.54) is 31.2 Å². The first-order valence-corrected chi connectivity index (χ1v) is 8.21. The van der Waals surface area contributed by atoms with Crippen LogP contribution in [0.5, 0.6) is 5.75 Å². The zero-order valence-electron chi connectivity index (χ0n) is 12.6. The van der Waals surface area contributed by atoms with E-state index >= 15 is 0 Å². The summed E-state index contributed by atoms with van der Waals surface area (Å²) >= 11 is 0. The van der Waals surface area contributed by atoms with Gasteiger partial charge in [-0.05, 0) is 55.1 Å². The molecule has 1 aromatic carbocycles. The van der Waals surface area contributed by atoms with Gasteiger partial charge in [0.1, 0.15) is 5.75 Å². The molecule has 0 amide bonds. The Balaban J connectivity index is 1.66. The summed E-state index contributed by atoms with van der Waals surface area (Å²) in [5.41, 5.74) is 7.93. The highest BCUT2D eigenvalue weighted by molar-refractivity contribution is 5.37. The Morgan fingerprint density at radius 1 is 1.25 bits per heavy atom. The second-order valence-electron chi connectivity index (χ2n) is 6.80. The lowest BCUT2D eigenvalue weighted by Crippen LogP contribution is -2.35. The van der Waals surface area contributed by atoms with E-state index in [4.69, 9.17) is 10.5 Å². The van der Waals surface area contributed by atoms with Gasteiger partial charge in [-0.2, -0.15) is 0 Å². The molecule has 4 atom stereocenters. The fourth-order valence-electron chi connectivity index (χ4n) is 4.05.